The van der Waals surface area contributed by atoms with E-state index in [2.05, 4.69) is 20.3 Å². The minimum absolute atomic E-state index is 0.151. The van der Waals surface area contributed by atoms with E-state index in [1.54, 1.807) is 0 Å². The zero-order chi connectivity index (χ0) is 17.4. The second kappa shape index (κ2) is 6.10. The fraction of sp³-hybridized carbons (Fsp3) is 0.400. The highest BCUT2D eigenvalue weighted by Gasteiger charge is 2.51. The predicted octanol–water partition coefficient (Wildman–Crippen LogP) is -1.41. The summed E-state index contributed by atoms with van der Waals surface area (Å²) in [5.74, 6) is -1.75. The number of β-lactam (4-membered cyclic amide) rings is 1. The fourth-order valence-electron chi connectivity index (χ4n) is 2.01. The number of anilines is 1. The molecule has 2 amide bonds. The number of aromatic nitrogens is 1. The van der Waals surface area contributed by atoms with E-state index in [9.17, 15) is 18.0 Å². The molecule has 1 aromatic heterocycles. The number of carbonyl (C=O) groups excluding carboxylic acids is 2. The summed E-state index contributed by atoms with van der Waals surface area (Å²) < 4.78 is 31.2. The number of nitrogen functional groups attached to an aromatic ring is 1. The van der Waals surface area contributed by atoms with Gasteiger partial charge >= 0.3 is 10.3 Å². The van der Waals surface area contributed by atoms with Gasteiger partial charge in [0.1, 0.15) is 18.8 Å². The average Bonchev–Trinajstić information content (AvgIpc) is 2.86. The summed E-state index contributed by atoms with van der Waals surface area (Å²) in [6.45, 7) is 1.36. The third kappa shape index (κ3) is 3.25. The van der Waals surface area contributed by atoms with Gasteiger partial charge < -0.3 is 15.9 Å². The summed E-state index contributed by atoms with van der Waals surface area (Å²) in [4.78, 5) is 32.4. The van der Waals surface area contributed by atoms with Crippen molar-refractivity contribution < 1.29 is 27.4 Å². The van der Waals surface area contributed by atoms with Gasteiger partial charge in [-0.1, -0.05) is 5.16 Å². The zero-order valence-electron chi connectivity index (χ0n) is 12.0. The summed E-state index contributed by atoms with van der Waals surface area (Å²) in [6, 6.07) is -2.06. The molecule has 13 heteroatoms. The Morgan fingerprint density at radius 2 is 2.26 bits per heavy atom. The lowest BCUT2D eigenvalue weighted by atomic mass is 10.0. The van der Waals surface area contributed by atoms with Gasteiger partial charge in [0.05, 0.1) is 6.04 Å². The van der Waals surface area contributed by atoms with Crippen molar-refractivity contribution in [2.75, 3.05) is 12.8 Å². The molecule has 23 heavy (non-hydrogen) atoms. The molecule has 11 nitrogen and oxygen atoms in total. The summed E-state index contributed by atoms with van der Waals surface area (Å²) >= 11 is 1.08. The van der Waals surface area contributed by atoms with Gasteiger partial charge in [-0.05, 0) is 6.92 Å². The first kappa shape index (κ1) is 17.1. The van der Waals surface area contributed by atoms with Gasteiger partial charge in [-0.2, -0.15) is 8.42 Å². The predicted molar refractivity (Wildman–Crippen MR) is 79.9 cm³/mol. The van der Waals surface area contributed by atoms with E-state index in [4.69, 9.17) is 10.3 Å². The minimum atomic E-state index is -4.66. The molecule has 2 rings (SSSR count). The van der Waals surface area contributed by atoms with Crippen LogP contribution < -0.4 is 11.1 Å². The molecule has 0 aliphatic carbocycles. The maximum absolute atomic E-state index is 12.2. The largest absolute Gasteiger partial charge is 0.398 e. The first-order valence-electron chi connectivity index (χ1n) is 6.11. The first-order valence-corrected chi connectivity index (χ1v) is 8.38. The van der Waals surface area contributed by atoms with Crippen LogP contribution >= 0.6 is 11.3 Å². The van der Waals surface area contributed by atoms with Crippen LogP contribution in [0.4, 0.5) is 5.13 Å². The van der Waals surface area contributed by atoms with E-state index >= 15 is 0 Å². The molecule has 126 valence electrons. The van der Waals surface area contributed by atoms with Gasteiger partial charge in [-0.15, -0.1) is 11.3 Å². The molecule has 0 bridgehead atoms. The number of nitrogens with zero attached hydrogens (tertiary/aromatic N) is 3. The van der Waals surface area contributed by atoms with E-state index in [1.807, 2.05) is 0 Å². The van der Waals surface area contributed by atoms with Crippen molar-refractivity contribution in [2.24, 2.45) is 5.16 Å². The minimum Gasteiger partial charge on any atom is -0.398 e. The SMILES string of the molecule is CO/N=C(\C(=O)N[C@@H]1C(=O)N(S(=O)(=O)O)[C@@H]1C)c1csc(N)n1. The Morgan fingerprint density at radius 3 is 2.70 bits per heavy atom. The smallest absolute Gasteiger partial charge is 0.362 e. The van der Waals surface area contributed by atoms with Gasteiger partial charge in [0.25, 0.3) is 11.8 Å². The molecule has 1 aliphatic rings. The molecule has 1 aliphatic heterocycles. The highest BCUT2D eigenvalue weighted by atomic mass is 32.2. The molecule has 0 radical (unpaired) electrons. The van der Waals surface area contributed by atoms with Crippen LogP contribution in [0.25, 0.3) is 0 Å². The Morgan fingerprint density at radius 1 is 1.61 bits per heavy atom. The Bertz CT molecular complexity index is 772. The van der Waals surface area contributed by atoms with Gasteiger partial charge in [0.15, 0.2) is 10.8 Å². The maximum Gasteiger partial charge on any atom is 0.362 e. The standard InChI is InChI=1S/C10H13N5O6S2/c1-4-6(9(17)15(4)23(18,19)20)13-8(16)7(14-21-2)5-3-22-10(11)12-5/h3-4,6H,1-2H3,(H2,11,12)(H,13,16)(H,18,19,20)/b14-7-/t4-,6+/m1/s1. The van der Waals surface area contributed by atoms with Crippen LogP contribution in [-0.2, 0) is 24.7 Å². The molecular formula is C10H13N5O6S2. The fourth-order valence-corrected chi connectivity index (χ4v) is 3.44. The second-order valence-electron chi connectivity index (χ2n) is 4.50. The van der Waals surface area contributed by atoms with Crippen molar-refractivity contribution in [1.29, 1.82) is 0 Å². The second-order valence-corrected chi connectivity index (χ2v) is 6.68. The Labute approximate surface area is 135 Å². The van der Waals surface area contributed by atoms with Crippen LogP contribution in [0.15, 0.2) is 10.5 Å². The number of thiazole rings is 1. The molecule has 0 spiro atoms. The number of hydrogen-bond donors (Lipinski definition) is 3. The van der Waals surface area contributed by atoms with Crippen LogP contribution in [0.3, 0.4) is 0 Å². The van der Waals surface area contributed by atoms with Crippen LogP contribution in [0.5, 0.6) is 0 Å². The van der Waals surface area contributed by atoms with Crippen LogP contribution in [-0.4, -0.2) is 59.0 Å². The number of nitrogens with two attached hydrogens (primary N) is 1. The number of nitrogens with one attached hydrogen (secondary N) is 1. The molecule has 0 saturated carbocycles. The summed E-state index contributed by atoms with van der Waals surface area (Å²) in [6.07, 6.45) is 0. The van der Waals surface area contributed by atoms with Crippen LogP contribution in [0.1, 0.15) is 12.6 Å². The third-order valence-corrected chi connectivity index (χ3v) is 4.72. The topological polar surface area (TPSA) is 164 Å². The van der Waals surface area contributed by atoms with Crippen LogP contribution in [0.2, 0.25) is 0 Å². The molecule has 2 atom stereocenters. The van der Waals surface area contributed by atoms with Crippen LogP contribution in [0, 0.1) is 0 Å². The van der Waals surface area contributed by atoms with Crippen molar-refractivity contribution >= 4 is 44.3 Å². The zero-order valence-corrected chi connectivity index (χ0v) is 13.6. The summed E-state index contributed by atoms with van der Waals surface area (Å²) in [5.41, 5.74) is 5.42. The van der Waals surface area contributed by atoms with Crippen molar-refractivity contribution in [1.82, 2.24) is 14.6 Å². The van der Waals surface area contributed by atoms with Crippen molar-refractivity contribution in [2.45, 2.75) is 19.0 Å². The number of hydrogen-bond acceptors (Lipinski definition) is 9. The normalized spacial score (nSPS) is 21.8. The monoisotopic (exact) mass is 363 g/mol. The lowest BCUT2D eigenvalue weighted by molar-refractivity contribution is -0.143. The van der Waals surface area contributed by atoms with E-state index < -0.39 is 34.2 Å². The number of carbonyl (C=O) groups is 2. The lowest BCUT2D eigenvalue weighted by Crippen LogP contribution is -2.71. The first-order chi connectivity index (χ1) is 10.7. The molecule has 1 aromatic rings. The van der Waals surface area contributed by atoms with Crippen molar-refractivity contribution in [3.63, 3.8) is 0 Å². The van der Waals surface area contributed by atoms with Gasteiger partial charge in [-0.3, -0.25) is 14.1 Å². The Kier molecular flexibility index (Phi) is 4.53. The Hall–Kier alpha value is -2.25. The number of amides is 2. The summed E-state index contributed by atoms with van der Waals surface area (Å²) in [7, 11) is -3.44. The molecule has 4 N–H and O–H groups in total. The van der Waals surface area contributed by atoms with E-state index in [1.165, 1.54) is 19.4 Å². The highest BCUT2D eigenvalue weighted by molar-refractivity contribution is 7.84. The molecule has 0 unspecified atom stereocenters. The van der Waals surface area contributed by atoms with Crippen molar-refractivity contribution in [3.8, 4) is 0 Å². The maximum atomic E-state index is 12.2. The third-order valence-electron chi connectivity index (χ3n) is 3.03. The lowest BCUT2D eigenvalue weighted by Gasteiger charge is -2.42. The highest BCUT2D eigenvalue weighted by Crippen LogP contribution is 2.23. The molecular weight excluding hydrogens is 350 g/mol. The summed E-state index contributed by atoms with van der Waals surface area (Å²) in [5, 5.41) is 7.54. The molecule has 1 saturated heterocycles. The van der Waals surface area contributed by atoms with E-state index in [0.717, 1.165) is 11.3 Å². The molecule has 0 aromatic carbocycles. The van der Waals surface area contributed by atoms with Gasteiger partial charge in [0, 0.05) is 5.38 Å². The molecule has 1 fully saturated rings. The van der Waals surface area contributed by atoms with Crippen molar-refractivity contribution in [3.05, 3.63) is 11.1 Å². The van der Waals surface area contributed by atoms with Gasteiger partial charge in [-0.25, -0.2) is 9.29 Å². The number of oxime groups is 1. The molecule has 2 heterocycles. The Balaban J connectivity index is 2.15. The number of rotatable bonds is 5. The average molecular weight is 363 g/mol. The van der Waals surface area contributed by atoms with E-state index in [-0.39, 0.29) is 20.8 Å². The van der Waals surface area contributed by atoms with Gasteiger partial charge in [0.2, 0.25) is 0 Å². The quantitative estimate of drug-likeness (QED) is 0.248. The van der Waals surface area contributed by atoms with E-state index in [0.29, 0.717) is 0 Å².